The van der Waals surface area contributed by atoms with E-state index in [1.807, 2.05) is 10.7 Å². The van der Waals surface area contributed by atoms with E-state index in [0.29, 0.717) is 12.4 Å². The lowest BCUT2D eigenvalue weighted by Gasteiger charge is -2.30. The van der Waals surface area contributed by atoms with Crippen LogP contribution in [0.5, 0.6) is 5.75 Å². The Morgan fingerprint density at radius 3 is 3.12 bits per heavy atom. The van der Waals surface area contributed by atoms with Crippen molar-refractivity contribution in [1.29, 1.82) is 0 Å². The molecule has 24 heavy (non-hydrogen) atoms. The van der Waals surface area contributed by atoms with E-state index in [9.17, 15) is 4.79 Å². The predicted octanol–water partition coefficient (Wildman–Crippen LogP) is 2.53. The number of carbonyl (C=O) groups excluding carboxylic acids is 1. The van der Waals surface area contributed by atoms with Gasteiger partial charge >= 0.3 is 0 Å². The number of anilines is 1. The number of rotatable bonds is 3. The van der Waals surface area contributed by atoms with E-state index in [0.717, 1.165) is 44.5 Å². The maximum Gasteiger partial charge on any atom is 0.230 e. The van der Waals surface area contributed by atoms with Gasteiger partial charge in [0, 0.05) is 19.5 Å². The van der Waals surface area contributed by atoms with Crippen LogP contribution in [0.4, 0.5) is 5.95 Å². The maximum atomic E-state index is 12.9. The number of fused-ring (bicyclic) bond motifs is 2. The number of hydrogen-bond acceptors (Lipinski definition) is 4. The molecule has 6 nitrogen and oxygen atoms in total. The molecule has 0 fully saturated rings. The minimum Gasteiger partial charge on any atom is -0.497 e. The van der Waals surface area contributed by atoms with E-state index in [1.54, 1.807) is 12.0 Å². The number of aromatic nitrogens is 3. The highest BCUT2D eigenvalue weighted by molar-refractivity contribution is 5.92. The molecule has 0 unspecified atom stereocenters. The first-order chi connectivity index (χ1) is 11.8. The Kier molecular flexibility index (Phi) is 3.96. The second-order valence-electron chi connectivity index (χ2n) is 6.54. The van der Waals surface area contributed by atoms with Gasteiger partial charge in [-0.3, -0.25) is 9.69 Å². The third kappa shape index (κ3) is 2.66. The summed E-state index contributed by atoms with van der Waals surface area (Å²) in [7, 11) is 1.69. The van der Waals surface area contributed by atoms with Gasteiger partial charge in [0.05, 0.1) is 7.11 Å². The van der Waals surface area contributed by atoms with Crippen molar-refractivity contribution < 1.29 is 9.53 Å². The highest BCUT2D eigenvalue weighted by atomic mass is 16.5. The largest absolute Gasteiger partial charge is 0.497 e. The summed E-state index contributed by atoms with van der Waals surface area (Å²) < 4.78 is 7.15. The summed E-state index contributed by atoms with van der Waals surface area (Å²) in [5.74, 6) is 2.02. The third-order valence-electron chi connectivity index (χ3n) is 5.10. The predicted molar refractivity (Wildman–Crippen MR) is 90.3 cm³/mol. The molecule has 0 bridgehead atoms. The van der Waals surface area contributed by atoms with Gasteiger partial charge in [-0.05, 0) is 54.9 Å². The van der Waals surface area contributed by atoms with Crippen molar-refractivity contribution in [3.63, 3.8) is 0 Å². The minimum atomic E-state index is 0.151. The Morgan fingerprint density at radius 2 is 2.25 bits per heavy atom. The van der Waals surface area contributed by atoms with Crippen molar-refractivity contribution in [2.75, 3.05) is 18.6 Å². The highest BCUT2D eigenvalue weighted by Gasteiger charge is 2.29. The molecule has 126 valence electrons. The normalized spacial score (nSPS) is 19.5. The van der Waals surface area contributed by atoms with Crippen LogP contribution in [0.3, 0.4) is 0 Å². The zero-order valence-electron chi connectivity index (χ0n) is 13.9. The fraction of sp³-hybridized carbons (Fsp3) is 0.500. The van der Waals surface area contributed by atoms with Crippen molar-refractivity contribution >= 4 is 11.9 Å². The molecule has 1 aliphatic heterocycles. The maximum absolute atomic E-state index is 12.9. The van der Waals surface area contributed by atoms with E-state index in [4.69, 9.17) is 4.74 Å². The molecule has 4 rings (SSSR count). The quantitative estimate of drug-likeness (QED) is 0.869. The number of nitrogens with zero attached hydrogens (tertiary/aromatic N) is 4. The fourth-order valence-electron chi connectivity index (χ4n) is 3.89. The van der Waals surface area contributed by atoms with Crippen molar-refractivity contribution in [2.24, 2.45) is 0 Å². The van der Waals surface area contributed by atoms with Crippen LogP contribution < -0.4 is 9.64 Å². The van der Waals surface area contributed by atoms with Crippen molar-refractivity contribution in [2.45, 2.75) is 44.6 Å². The Morgan fingerprint density at radius 1 is 1.33 bits per heavy atom. The Balaban J connectivity index is 1.54. The Labute approximate surface area is 141 Å². The highest BCUT2D eigenvalue weighted by Crippen LogP contribution is 2.36. The molecule has 1 aromatic carbocycles. The first-order valence-electron chi connectivity index (χ1n) is 8.61. The number of benzene rings is 1. The molecule has 0 saturated heterocycles. The smallest absolute Gasteiger partial charge is 0.230 e. The van der Waals surface area contributed by atoms with Crippen LogP contribution in [0.25, 0.3) is 0 Å². The van der Waals surface area contributed by atoms with Gasteiger partial charge in [-0.2, -0.15) is 10.1 Å². The molecule has 0 N–H and O–H groups in total. The lowest BCUT2D eigenvalue weighted by molar-refractivity contribution is -0.119. The molecule has 2 aromatic rings. The standard InChI is InChI=1S/C18H22N4O2/c1-24-15-6-7-16-13(10-15)4-2-5-14(16)11-17(23)21-8-3-9-22-18(21)19-12-20-22/h6-7,10,12,14H,2-5,8-9,11H2,1H3/t14-/m0/s1. The van der Waals surface area contributed by atoms with Crippen LogP contribution in [0.2, 0.25) is 0 Å². The average molecular weight is 326 g/mol. The summed E-state index contributed by atoms with van der Waals surface area (Å²) in [6.07, 6.45) is 6.24. The Bertz CT molecular complexity index is 755. The molecular weight excluding hydrogens is 304 g/mol. The van der Waals surface area contributed by atoms with Gasteiger partial charge in [0.2, 0.25) is 11.9 Å². The molecule has 1 aromatic heterocycles. The third-order valence-corrected chi connectivity index (χ3v) is 5.10. The van der Waals surface area contributed by atoms with E-state index >= 15 is 0 Å². The number of ether oxygens (including phenoxy) is 1. The lowest BCUT2D eigenvalue weighted by atomic mass is 9.80. The van der Waals surface area contributed by atoms with Gasteiger partial charge in [-0.1, -0.05) is 6.07 Å². The van der Waals surface area contributed by atoms with E-state index < -0.39 is 0 Å². The molecule has 0 radical (unpaired) electrons. The number of aryl methyl sites for hydroxylation is 2. The molecule has 2 heterocycles. The molecule has 1 amide bonds. The zero-order chi connectivity index (χ0) is 16.5. The number of carbonyl (C=O) groups is 1. The molecule has 6 heteroatoms. The average Bonchev–Trinajstić information content (AvgIpc) is 3.10. The van der Waals surface area contributed by atoms with Gasteiger partial charge in [-0.25, -0.2) is 4.68 Å². The van der Waals surface area contributed by atoms with Gasteiger partial charge in [0.15, 0.2) is 0 Å². The lowest BCUT2D eigenvalue weighted by Crippen LogP contribution is -2.39. The molecule has 1 aliphatic carbocycles. The van der Waals surface area contributed by atoms with Crippen LogP contribution in [-0.4, -0.2) is 34.3 Å². The first-order valence-corrected chi connectivity index (χ1v) is 8.61. The van der Waals surface area contributed by atoms with Crippen LogP contribution in [0.15, 0.2) is 24.5 Å². The number of hydrogen-bond donors (Lipinski definition) is 0. The van der Waals surface area contributed by atoms with Gasteiger partial charge in [0.25, 0.3) is 0 Å². The van der Waals surface area contributed by atoms with Gasteiger partial charge in [0.1, 0.15) is 12.1 Å². The summed E-state index contributed by atoms with van der Waals surface area (Å²) in [5.41, 5.74) is 2.62. The summed E-state index contributed by atoms with van der Waals surface area (Å²) in [4.78, 5) is 18.9. The molecule has 1 atom stereocenters. The van der Waals surface area contributed by atoms with Crippen LogP contribution in [0.1, 0.15) is 42.7 Å². The van der Waals surface area contributed by atoms with E-state index in [1.165, 1.54) is 17.5 Å². The summed E-state index contributed by atoms with van der Waals surface area (Å²) in [6.45, 7) is 1.57. The molecule has 0 saturated carbocycles. The summed E-state index contributed by atoms with van der Waals surface area (Å²) >= 11 is 0. The monoisotopic (exact) mass is 326 g/mol. The van der Waals surface area contributed by atoms with Gasteiger partial charge in [-0.15, -0.1) is 0 Å². The van der Waals surface area contributed by atoms with Crippen LogP contribution >= 0.6 is 0 Å². The molecule has 0 spiro atoms. The summed E-state index contributed by atoms with van der Waals surface area (Å²) in [5, 5.41) is 4.19. The van der Waals surface area contributed by atoms with Crippen LogP contribution in [0, 0.1) is 0 Å². The molecule has 2 aliphatic rings. The number of methoxy groups -OCH3 is 1. The van der Waals surface area contributed by atoms with Crippen molar-refractivity contribution in [3.05, 3.63) is 35.7 Å². The minimum absolute atomic E-state index is 0.151. The van der Waals surface area contributed by atoms with Gasteiger partial charge < -0.3 is 4.74 Å². The van der Waals surface area contributed by atoms with Crippen molar-refractivity contribution in [1.82, 2.24) is 14.8 Å². The summed E-state index contributed by atoms with van der Waals surface area (Å²) in [6, 6.07) is 6.24. The van der Waals surface area contributed by atoms with E-state index in [2.05, 4.69) is 22.2 Å². The SMILES string of the molecule is COc1ccc2c(c1)CCC[C@H]2CC(=O)N1CCCn2ncnc21. The van der Waals surface area contributed by atoms with Crippen molar-refractivity contribution in [3.8, 4) is 5.75 Å². The number of amides is 1. The Hall–Kier alpha value is -2.37. The second kappa shape index (κ2) is 6.26. The second-order valence-corrected chi connectivity index (χ2v) is 6.54. The first kappa shape index (κ1) is 15.2. The zero-order valence-corrected chi connectivity index (χ0v) is 13.9. The topological polar surface area (TPSA) is 60.2 Å². The fourth-order valence-corrected chi connectivity index (χ4v) is 3.89. The van der Waals surface area contributed by atoms with Crippen LogP contribution in [-0.2, 0) is 17.8 Å². The van der Waals surface area contributed by atoms with E-state index in [-0.39, 0.29) is 11.8 Å². The molecular formula is C18H22N4O2.